The second kappa shape index (κ2) is 8.53. The molecular weight excluding hydrogens is 278 g/mol. The predicted molar refractivity (Wildman–Crippen MR) is 78.7 cm³/mol. The Morgan fingerprint density at radius 3 is 2.65 bits per heavy atom. The molecule has 1 rings (SSSR count). The number of hydrogen-bond donors (Lipinski definition) is 1. The van der Waals surface area contributed by atoms with Crippen LogP contribution in [-0.4, -0.2) is 41.3 Å². The maximum Gasteiger partial charge on any atom is 0.269 e. The van der Waals surface area contributed by atoms with Crippen LogP contribution in [0.4, 0.5) is 0 Å². The molecule has 110 valence electrons. The minimum absolute atomic E-state index is 0.116. The molecule has 0 unspecified atom stereocenters. The highest BCUT2D eigenvalue weighted by atomic mass is 35.5. The molecule has 0 aliphatic heterocycles. The molecule has 0 saturated heterocycles. The van der Waals surface area contributed by atoms with Crippen molar-refractivity contribution in [2.75, 3.05) is 19.6 Å². The number of amides is 2. The van der Waals surface area contributed by atoms with E-state index >= 15 is 0 Å². The molecule has 0 atom stereocenters. The summed E-state index contributed by atoms with van der Waals surface area (Å²) in [5.74, 6) is -0.159. The summed E-state index contributed by atoms with van der Waals surface area (Å²) in [5, 5.41) is 3.20. The van der Waals surface area contributed by atoms with E-state index in [1.165, 1.54) is 12.3 Å². The lowest BCUT2D eigenvalue weighted by Gasteiger charge is -2.18. The summed E-state index contributed by atoms with van der Waals surface area (Å²) in [7, 11) is 0. The van der Waals surface area contributed by atoms with E-state index in [1.54, 1.807) is 11.0 Å². The van der Waals surface area contributed by atoms with Crippen LogP contribution in [0.5, 0.6) is 0 Å². The monoisotopic (exact) mass is 297 g/mol. The van der Waals surface area contributed by atoms with Gasteiger partial charge < -0.3 is 10.2 Å². The Labute approximate surface area is 124 Å². The number of aromatic nitrogens is 1. The first-order valence-electron chi connectivity index (χ1n) is 6.76. The fourth-order valence-electron chi connectivity index (χ4n) is 1.80. The van der Waals surface area contributed by atoms with Gasteiger partial charge >= 0.3 is 0 Å². The Morgan fingerprint density at radius 1 is 1.35 bits per heavy atom. The Kier molecular flexibility index (Phi) is 7.01. The average molecular weight is 298 g/mol. The summed E-state index contributed by atoms with van der Waals surface area (Å²) in [6.45, 7) is 5.78. The molecular formula is C14H20ClN3O2. The van der Waals surface area contributed by atoms with Gasteiger partial charge in [0.15, 0.2) is 0 Å². The van der Waals surface area contributed by atoms with E-state index < -0.39 is 0 Å². The lowest BCUT2D eigenvalue weighted by Crippen LogP contribution is -2.31. The number of carbonyl (C=O) groups excluding carboxylic acids is 2. The van der Waals surface area contributed by atoms with Crippen molar-refractivity contribution in [1.82, 2.24) is 15.2 Å². The summed E-state index contributed by atoms with van der Waals surface area (Å²) < 4.78 is 0. The Morgan fingerprint density at radius 2 is 2.05 bits per heavy atom. The van der Waals surface area contributed by atoms with E-state index in [9.17, 15) is 9.59 Å². The van der Waals surface area contributed by atoms with Gasteiger partial charge in [-0.3, -0.25) is 14.6 Å². The minimum atomic E-state index is -0.275. The highest BCUT2D eigenvalue weighted by molar-refractivity contribution is 6.30. The molecule has 0 radical (unpaired) electrons. The molecule has 2 amide bonds. The second-order valence-corrected chi connectivity index (χ2v) is 4.72. The maximum absolute atomic E-state index is 11.8. The van der Waals surface area contributed by atoms with Crippen molar-refractivity contribution < 1.29 is 9.59 Å². The molecule has 0 bridgehead atoms. The number of hydrogen-bond acceptors (Lipinski definition) is 3. The third-order valence-electron chi connectivity index (χ3n) is 2.92. The third kappa shape index (κ3) is 5.17. The van der Waals surface area contributed by atoms with Crippen LogP contribution in [0.3, 0.4) is 0 Å². The lowest BCUT2D eigenvalue weighted by molar-refractivity contribution is -0.130. The van der Waals surface area contributed by atoms with Crippen LogP contribution >= 0.6 is 11.6 Å². The van der Waals surface area contributed by atoms with Crippen LogP contribution in [-0.2, 0) is 4.79 Å². The van der Waals surface area contributed by atoms with Crippen molar-refractivity contribution in [3.05, 3.63) is 29.0 Å². The number of nitrogens with one attached hydrogen (secondary N) is 1. The lowest BCUT2D eigenvalue weighted by atomic mass is 10.2. The van der Waals surface area contributed by atoms with Gasteiger partial charge in [-0.05, 0) is 32.4 Å². The fourth-order valence-corrected chi connectivity index (χ4v) is 1.96. The number of nitrogens with zero attached hydrogens (tertiary/aromatic N) is 2. The highest BCUT2D eigenvalue weighted by Crippen LogP contribution is 2.07. The van der Waals surface area contributed by atoms with Crippen molar-refractivity contribution in [2.45, 2.75) is 26.7 Å². The van der Waals surface area contributed by atoms with Crippen molar-refractivity contribution in [3.8, 4) is 0 Å². The van der Waals surface area contributed by atoms with E-state index in [4.69, 9.17) is 11.6 Å². The summed E-state index contributed by atoms with van der Waals surface area (Å²) in [4.78, 5) is 29.2. The van der Waals surface area contributed by atoms with E-state index in [2.05, 4.69) is 10.3 Å². The van der Waals surface area contributed by atoms with Gasteiger partial charge in [0.25, 0.3) is 5.91 Å². The average Bonchev–Trinajstić information content (AvgIpc) is 2.44. The topological polar surface area (TPSA) is 62.3 Å². The molecule has 0 aliphatic carbocycles. The van der Waals surface area contributed by atoms with E-state index in [-0.39, 0.29) is 17.5 Å². The zero-order valence-electron chi connectivity index (χ0n) is 11.9. The van der Waals surface area contributed by atoms with Gasteiger partial charge in [-0.2, -0.15) is 0 Å². The molecule has 5 nitrogen and oxygen atoms in total. The molecule has 0 fully saturated rings. The normalized spacial score (nSPS) is 10.2. The standard InChI is InChI=1S/C14H20ClN3O2/c1-3-18(4-2)13(19)6-5-8-17-14(20)12-10-11(15)7-9-16-12/h7,9-10H,3-6,8H2,1-2H3,(H,17,20). The largest absolute Gasteiger partial charge is 0.351 e. The van der Waals surface area contributed by atoms with Gasteiger partial charge in [-0.25, -0.2) is 0 Å². The van der Waals surface area contributed by atoms with Gasteiger partial charge in [0.05, 0.1) is 0 Å². The molecule has 6 heteroatoms. The molecule has 0 spiro atoms. The molecule has 1 heterocycles. The SMILES string of the molecule is CCN(CC)C(=O)CCCNC(=O)c1cc(Cl)ccn1. The molecule has 0 aliphatic rings. The van der Waals surface area contributed by atoms with Gasteiger partial charge in [0, 0.05) is 37.3 Å². The number of carbonyl (C=O) groups is 2. The first-order valence-corrected chi connectivity index (χ1v) is 7.13. The predicted octanol–water partition coefficient (Wildman–Crippen LogP) is 2.11. The maximum atomic E-state index is 11.8. The second-order valence-electron chi connectivity index (χ2n) is 4.28. The molecule has 1 aromatic heterocycles. The van der Waals surface area contributed by atoms with Crippen LogP contribution in [0, 0.1) is 0 Å². The van der Waals surface area contributed by atoms with Crippen LogP contribution in [0.1, 0.15) is 37.2 Å². The van der Waals surface area contributed by atoms with Gasteiger partial charge in [-0.1, -0.05) is 11.6 Å². The van der Waals surface area contributed by atoms with E-state index in [0.717, 1.165) is 0 Å². The quantitative estimate of drug-likeness (QED) is 0.784. The smallest absolute Gasteiger partial charge is 0.269 e. The van der Waals surface area contributed by atoms with Crippen LogP contribution < -0.4 is 5.32 Å². The van der Waals surface area contributed by atoms with Crippen LogP contribution in [0.15, 0.2) is 18.3 Å². The molecule has 0 saturated carbocycles. The highest BCUT2D eigenvalue weighted by Gasteiger charge is 2.10. The summed E-state index contributed by atoms with van der Waals surface area (Å²) in [6, 6.07) is 3.12. The molecule has 0 aromatic carbocycles. The minimum Gasteiger partial charge on any atom is -0.351 e. The van der Waals surface area contributed by atoms with Crippen LogP contribution in [0.25, 0.3) is 0 Å². The molecule has 1 N–H and O–H groups in total. The summed E-state index contributed by atoms with van der Waals surface area (Å²) in [6.07, 6.45) is 2.54. The van der Waals surface area contributed by atoms with Gasteiger partial charge in [-0.15, -0.1) is 0 Å². The Balaban J connectivity index is 2.31. The summed E-state index contributed by atoms with van der Waals surface area (Å²) in [5.41, 5.74) is 0.285. The Bertz CT molecular complexity index is 461. The molecule has 20 heavy (non-hydrogen) atoms. The molecule has 1 aromatic rings. The number of halogens is 1. The van der Waals surface area contributed by atoms with Gasteiger partial charge in [0.2, 0.25) is 5.91 Å². The Hall–Kier alpha value is -1.62. The van der Waals surface area contributed by atoms with E-state index in [1.807, 2.05) is 13.8 Å². The zero-order chi connectivity index (χ0) is 15.0. The van der Waals surface area contributed by atoms with Crippen molar-refractivity contribution in [3.63, 3.8) is 0 Å². The van der Waals surface area contributed by atoms with Crippen LogP contribution in [0.2, 0.25) is 5.02 Å². The van der Waals surface area contributed by atoms with Crippen molar-refractivity contribution >= 4 is 23.4 Å². The van der Waals surface area contributed by atoms with E-state index in [0.29, 0.717) is 37.5 Å². The third-order valence-corrected chi connectivity index (χ3v) is 3.16. The van der Waals surface area contributed by atoms with Crippen molar-refractivity contribution in [2.24, 2.45) is 0 Å². The summed E-state index contributed by atoms with van der Waals surface area (Å²) >= 11 is 5.79. The zero-order valence-corrected chi connectivity index (χ0v) is 12.6. The first-order chi connectivity index (χ1) is 9.58. The number of pyridine rings is 1. The fraction of sp³-hybridized carbons (Fsp3) is 0.500. The number of rotatable bonds is 7. The van der Waals surface area contributed by atoms with Crippen molar-refractivity contribution in [1.29, 1.82) is 0 Å². The first kappa shape index (κ1) is 16.4. The van der Waals surface area contributed by atoms with Gasteiger partial charge in [0.1, 0.15) is 5.69 Å².